The third-order valence-electron chi connectivity index (χ3n) is 5.36. The minimum Gasteiger partial charge on any atom is -0.298 e. The van der Waals surface area contributed by atoms with Crippen LogP contribution in [0.25, 0.3) is 16.2 Å². The van der Waals surface area contributed by atoms with Crippen LogP contribution in [0, 0.1) is 0 Å². The van der Waals surface area contributed by atoms with Crippen molar-refractivity contribution in [2.24, 2.45) is 0 Å². The van der Waals surface area contributed by atoms with E-state index in [4.69, 9.17) is 0 Å². The molecule has 1 aliphatic rings. The van der Waals surface area contributed by atoms with Crippen LogP contribution in [-0.4, -0.2) is 37.6 Å². The standard InChI is InChI=1S/C21H18F3N5S.ClH/c22-21(23,24)19-10-17(18-2-1-9-30-18)26-20-11-16(27-29(19)20)15-5-8-28(13-15)12-14-3-6-25-7-4-14;/h1-4,6-7,9-11,15H,5,8,12-13H2;1H. The molecule has 5 nitrogen and oxygen atoms in total. The molecule has 0 saturated carbocycles. The van der Waals surface area contributed by atoms with Crippen molar-refractivity contribution in [3.05, 3.63) is 71.1 Å². The van der Waals surface area contributed by atoms with Crippen LogP contribution in [0.5, 0.6) is 0 Å². The maximum atomic E-state index is 13.7. The molecule has 1 fully saturated rings. The highest BCUT2D eigenvalue weighted by Crippen LogP contribution is 2.35. The van der Waals surface area contributed by atoms with E-state index in [1.165, 1.54) is 16.9 Å². The zero-order valence-corrected chi connectivity index (χ0v) is 17.9. The van der Waals surface area contributed by atoms with Gasteiger partial charge in [-0.15, -0.1) is 23.7 Å². The molecule has 162 valence electrons. The second-order valence-corrected chi connectivity index (χ2v) is 8.36. The Morgan fingerprint density at radius 3 is 2.65 bits per heavy atom. The lowest BCUT2D eigenvalue weighted by molar-refractivity contribution is -0.142. The van der Waals surface area contributed by atoms with Gasteiger partial charge in [0.15, 0.2) is 11.3 Å². The van der Waals surface area contributed by atoms with E-state index in [1.807, 2.05) is 17.5 Å². The lowest BCUT2D eigenvalue weighted by Gasteiger charge is -2.15. The number of pyridine rings is 1. The van der Waals surface area contributed by atoms with Gasteiger partial charge in [-0.3, -0.25) is 9.88 Å². The number of aromatic nitrogens is 4. The molecular weight excluding hydrogens is 447 g/mol. The van der Waals surface area contributed by atoms with Crippen molar-refractivity contribution < 1.29 is 13.2 Å². The molecule has 0 radical (unpaired) electrons. The van der Waals surface area contributed by atoms with Crippen molar-refractivity contribution in [3.8, 4) is 10.6 Å². The first-order valence-electron chi connectivity index (χ1n) is 9.60. The molecule has 0 amide bonds. The minimum absolute atomic E-state index is 0. The van der Waals surface area contributed by atoms with Crippen LogP contribution in [0.2, 0.25) is 0 Å². The average molecular weight is 466 g/mol. The number of hydrogen-bond donors (Lipinski definition) is 0. The second-order valence-electron chi connectivity index (χ2n) is 7.42. The molecule has 1 atom stereocenters. The molecule has 0 aromatic carbocycles. The van der Waals surface area contributed by atoms with E-state index in [2.05, 4.69) is 20.0 Å². The number of thiophene rings is 1. The molecule has 4 aromatic heterocycles. The first kappa shape index (κ1) is 21.7. The highest BCUT2D eigenvalue weighted by molar-refractivity contribution is 7.13. The van der Waals surface area contributed by atoms with Crippen LogP contribution in [-0.2, 0) is 12.7 Å². The second kappa shape index (κ2) is 8.57. The average Bonchev–Trinajstić information content (AvgIpc) is 3.47. The summed E-state index contributed by atoms with van der Waals surface area (Å²) in [4.78, 5) is 11.5. The van der Waals surface area contributed by atoms with Gasteiger partial charge in [0, 0.05) is 37.5 Å². The number of rotatable bonds is 4. The number of likely N-dealkylation sites (tertiary alicyclic amines) is 1. The van der Waals surface area contributed by atoms with E-state index in [0.717, 1.165) is 36.6 Å². The first-order chi connectivity index (χ1) is 14.5. The topological polar surface area (TPSA) is 46.3 Å². The Morgan fingerprint density at radius 1 is 1.13 bits per heavy atom. The van der Waals surface area contributed by atoms with Crippen LogP contribution in [0.3, 0.4) is 0 Å². The third kappa shape index (κ3) is 4.44. The fraction of sp³-hybridized carbons (Fsp3) is 0.286. The molecule has 1 saturated heterocycles. The van der Waals surface area contributed by atoms with Gasteiger partial charge in [-0.2, -0.15) is 18.3 Å². The molecule has 1 unspecified atom stereocenters. The zero-order chi connectivity index (χ0) is 20.7. The Labute approximate surface area is 187 Å². The van der Waals surface area contributed by atoms with E-state index < -0.39 is 11.9 Å². The Morgan fingerprint density at radius 2 is 1.94 bits per heavy atom. The molecule has 0 spiro atoms. The lowest BCUT2D eigenvalue weighted by Crippen LogP contribution is -2.19. The smallest absolute Gasteiger partial charge is 0.298 e. The van der Waals surface area contributed by atoms with Gasteiger partial charge in [-0.05, 0) is 48.2 Å². The molecule has 0 bridgehead atoms. The summed E-state index contributed by atoms with van der Waals surface area (Å²) in [6.45, 7) is 2.42. The Bertz CT molecular complexity index is 1160. The minimum atomic E-state index is -4.51. The van der Waals surface area contributed by atoms with E-state index >= 15 is 0 Å². The number of nitrogens with zero attached hydrogens (tertiary/aromatic N) is 5. The number of alkyl halides is 3. The zero-order valence-electron chi connectivity index (χ0n) is 16.3. The van der Waals surface area contributed by atoms with E-state index in [1.54, 1.807) is 30.6 Å². The Balaban J connectivity index is 0.00000231. The summed E-state index contributed by atoms with van der Waals surface area (Å²) in [7, 11) is 0. The number of hydrogen-bond acceptors (Lipinski definition) is 5. The third-order valence-corrected chi connectivity index (χ3v) is 6.25. The fourth-order valence-electron chi connectivity index (χ4n) is 3.91. The van der Waals surface area contributed by atoms with E-state index in [0.29, 0.717) is 16.3 Å². The summed E-state index contributed by atoms with van der Waals surface area (Å²) in [5.74, 6) is 0.0832. The van der Waals surface area contributed by atoms with Gasteiger partial charge in [0.1, 0.15) is 0 Å². The van der Waals surface area contributed by atoms with Crippen LogP contribution in [0.4, 0.5) is 13.2 Å². The van der Waals surface area contributed by atoms with Gasteiger partial charge >= 0.3 is 6.18 Å². The van der Waals surface area contributed by atoms with Gasteiger partial charge in [-0.1, -0.05) is 6.07 Å². The molecule has 31 heavy (non-hydrogen) atoms. The molecule has 5 rings (SSSR count). The maximum Gasteiger partial charge on any atom is 0.433 e. The molecule has 0 aliphatic carbocycles. The summed E-state index contributed by atoms with van der Waals surface area (Å²) in [5.41, 5.74) is 1.59. The highest BCUT2D eigenvalue weighted by atomic mass is 35.5. The molecule has 0 N–H and O–H groups in total. The van der Waals surface area contributed by atoms with Crippen molar-refractivity contribution in [1.29, 1.82) is 0 Å². The molecule has 4 aromatic rings. The van der Waals surface area contributed by atoms with Gasteiger partial charge in [0.25, 0.3) is 0 Å². The van der Waals surface area contributed by atoms with Crippen molar-refractivity contribution in [2.45, 2.75) is 25.1 Å². The lowest BCUT2D eigenvalue weighted by atomic mass is 10.1. The van der Waals surface area contributed by atoms with Gasteiger partial charge in [-0.25, -0.2) is 9.50 Å². The molecule has 10 heteroatoms. The fourth-order valence-corrected chi connectivity index (χ4v) is 4.59. The normalized spacial score (nSPS) is 17.2. The number of fused-ring (bicyclic) bond motifs is 1. The van der Waals surface area contributed by atoms with Crippen molar-refractivity contribution in [3.63, 3.8) is 0 Å². The van der Waals surface area contributed by atoms with E-state index in [-0.39, 0.29) is 24.0 Å². The summed E-state index contributed by atoms with van der Waals surface area (Å²) in [6, 6.07) is 10.3. The van der Waals surface area contributed by atoms with Gasteiger partial charge in [0.2, 0.25) is 0 Å². The van der Waals surface area contributed by atoms with Gasteiger partial charge < -0.3 is 0 Å². The Hall–Kier alpha value is -2.49. The first-order valence-corrected chi connectivity index (χ1v) is 10.5. The predicted molar refractivity (Wildman–Crippen MR) is 115 cm³/mol. The monoisotopic (exact) mass is 465 g/mol. The molecular formula is C21H19ClF3N5S. The van der Waals surface area contributed by atoms with Crippen molar-refractivity contribution in [1.82, 2.24) is 24.5 Å². The van der Waals surface area contributed by atoms with E-state index in [9.17, 15) is 13.2 Å². The van der Waals surface area contributed by atoms with Crippen molar-refractivity contribution >= 4 is 29.4 Å². The summed E-state index contributed by atoms with van der Waals surface area (Å²) in [5, 5.41) is 6.15. The van der Waals surface area contributed by atoms with Crippen molar-refractivity contribution in [2.75, 3.05) is 13.1 Å². The number of halogens is 4. The summed E-state index contributed by atoms with van der Waals surface area (Å²) >= 11 is 1.37. The molecule has 1 aliphatic heterocycles. The Kier molecular flexibility index (Phi) is 6.00. The quantitative estimate of drug-likeness (QED) is 0.411. The summed E-state index contributed by atoms with van der Waals surface area (Å²) in [6.07, 6.45) is -0.130. The summed E-state index contributed by atoms with van der Waals surface area (Å²) < 4.78 is 42.1. The van der Waals surface area contributed by atoms with Crippen LogP contribution < -0.4 is 0 Å². The van der Waals surface area contributed by atoms with Crippen LogP contribution >= 0.6 is 23.7 Å². The molecule has 5 heterocycles. The van der Waals surface area contributed by atoms with Crippen LogP contribution in [0.1, 0.15) is 29.3 Å². The maximum absolute atomic E-state index is 13.7. The van der Waals surface area contributed by atoms with Crippen LogP contribution in [0.15, 0.2) is 54.2 Å². The largest absolute Gasteiger partial charge is 0.433 e. The van der Waals surface area contributed by atoms with Gasteiger partial charge in [0.05, 0.1) is 16.3 Å². The highest BCUT2D eigenvalue weighted by Gasteiger charge is 2.36. The SMILES string of the molecule is Cl.FC(F)(F)c1cc(-c2cccs2)nc2cc(C3CCN(Cc4ccncc4)C3)nn12. The predicted octanol–water partition coefficient (Wildman–Crippen LogP) is 5.28.